The predicted octanol–water partition coefficient (Wildman–Crippen LogP) is 4.95. The summed E-state index contributed by atoms with van der Waals surface area (Å²) in [5, 5.41) is 5.48. The summed E-state index contributed by atoms with van der Waals surface area (Å²) in [6.45, 7) is 8.62. The topological polar surface area (TPSA) is 54.3 Å². The van der Waals surface area contributed by atoms with Crippen LogP contribution >= 0.6 is 11.3 Å². The summed E-state index contributed by atoms with van der Waals surface area (Å²) in [7, 11) is 0. The molecule has 0 radical (unpaired) electrons. The first kappa shape index (κ1) is 23.2. The molecule has 1 aliphatic heterocycles. The number of carbonyl (C=O) groups is 1. The number of thiazole rings is 1. The highest BCUT2D eigenvalue weighted by molar-refractivity contribution is 7.16. The Balaban J connectivity index is 1.31. The molecule has 3 heterocycles. The van der Waals surface area contributed by atoms with Gasteiger partial charge in [0, 0.05) is 49.5 Å². The van der Waals surface area contributed by atoms with Crippen LogP contribution in [0.5, 0.6) is 0 Å². The van der Waals surface area contributed by atoms with Crippen LogP contribution in [0.1, 0.15) is 37.9 Å². The molecule has 4 aromatic rings. The van der Waals surface area contributed by atoms with Crippen molar-refractivity contribution in [1.82, 2.24) is 19.7 Å². The lowest BCUT2D eigenvalue weighted by Crippen LogP contribution is -2.48. The minimum absolute atomic E-state index is 0.0102. The molecule has 0 N–H and O–H groups in total. The Morgan fingerprint density at radius 2 is 1.63 bits per heavy atom. The number of rotatable bonds is 5. The third kappa shape index (κ3) is 4.71. The first-order valence-electron chi connectivity index (χ1n) is 11.8. The maximum atomic E-state index is 13.3. The first-order valence-corrected chi connectivity index (χ1v) is 12.6. The maximum absolute atomic E-state index is 13.3. The number of amides is 1. The van der Waals surface area contributed by atoms with E-state index in [1.807, 2.05) is 41.6 Å². The van der Waals surface area contributed by atoms with E-state index in [4.69, 9.17) is 10.1 Å². The number of piperazine rings is 1. The number of benzene rings is 2. The summed E-state index contributed by atoms with van der Waals surface area (Å²) >= 11 is 1.40. The van der Waals surface area contributed by atoms with Gasteiger partial charge in [0.05, 0.1) is 11.4 Å². The molecule has 0 saturated carbocycles. The van der Waals surface area contributed by atoms with E-state index in [2.05, 4.69) is 24.0 Å². The molecule has 0 unspecified atom stereocenters. The van der Waals surface area contributed by atoms with E-state index in [0.717, 1.165) is 34.3 Å². The van der Waals surface area contributed by atoms with Gasteiger partial charge in [-0.05, 0) is 50.6 Å². The SMILES string of the molecule is Cc1nc(-n2nc(C)c(Cc3ccccc3)c2C)sc1C(=O)N1CCN(c2ccc(F)cc2)CC1. The summed E-state index contributed by atoms with van der Waals surface area (Å²) in [6, 6.07) is 16.9. The summed E-state index contributed by atoms with van der Waals surface area (Å²) in [4.78, 5) is 22.8. The third-order valence-corrected chi connectivity index (χ3v) is 7.71. The molecule has 2 aromatic carbocycles. The lowest BCUT2D eigenvalue weighted by Gasteiger charge is -2.36. The Kier molecular flexibility index (Phi) is 6.38. The van der Waals surface area contributed by atoms with Crippen LogP contribution in [-0.2, 0) is 6.42 Å². The maximum Gasteiger partial charge on any atom is 0.266 e. The van der Waals surface area contributed by atoms with Crippen LogP contribution in [0.3, 0.4) is 0 Å². The molecule has 6 nitrogen and oxygen atoms in total. The molecule has 180 valence electrons. The van der Waals surface area contributed by atoms with Gasteiger partial charge in [0.15, 0.2) is 0 Å². The van der Waals surface area contributed by atoms with E-state index >= 15 is 0 Å². The van der Waals surface area contributed by atoms with E-state index in [1.54, 1.807) is 12.1 Å². The van der Waals surface area contributed by atoms with Crippen molar-refractivity contribution < 1.29 is 9.18 Å². The lowest BCUT2D eigenvalue weighted by atomic mass is 10.0. The van der Waals surface area contributed by atoms with E-state index in [0.29, 0.717) is 31.1 Å². The first-order chi connectivity index (χ1) is 16.9. The third-order valence-electron chi connectivity index (χ3n) is 6.58. The molecule has 1 saturated heterocycles. The summed E-state index contributed by atoms with van der Waals surface area (Å²) in [5.41, 5.74) is 6.16. The summed E-state index contributed by atoms with van der Waals surface area (Å²) in [5.74, 6) is -0.232. The number of anilines is 1. The van der Waals surface area contributed by atoms with Crippen molar-refractivity contribution in [3.8, 4) is 5.13 Å². The molecule has 0 bridgehead atoms. The monoisotopic (exact) mass is 489 g/mol. The molecular weight excluding hydrogens is 461 g/mol. The number of halogens is 1. The van der Waals surface area contributed by atoms with Gasteiger partial charge < -0.3 is 9.80 Å². The Hall–Kier alpha value is -3.52. The zero-order valence-corrected chi connectivity index (χ0v) is 21.0. The largest absolute Gasteiger partial charge is 0.368 e. The van der Waals surface area contributed by atoms with Crippen LogP contribution in [0, 0.1) is 26.6 Å². The van der Waals surface area contributed by atoms with Crippen LogP contribution < -0.4 is 4.90 Å². The molecule has 35 heavy (non-hydrogen) atoms. The van der Waals surface area contributed by atoms with E-state index < -0.39 is 0 Å². The van der Waals surface area contributed by atoms with Crippen LogP contribution in [0.4, 0.5) is 10.1 Å². The zero-order valence-electron chi connectivity index (χ0n) is 20.2. The summed E-state index contributed by atoms with van der Waals surface area (Å²) < 4.78 is 15.1. The number of hydrogen-bond donors (Lipinski definition) is 0. The number of nitrogens with zero attached hydrogens (tertiary/aromatic N) is 5. The number of hydrogen-bond acceptors (Lipinski definition) is 5. The van der Waals surface area contributed by atoms with Crippen molar-refractivity contribution in [1.29, 1.82) is 0 Å². The zero-order chi connectivity index (χ0) is 24.5. The fourth-order valence-electron chi connectivity index (χ4n) is 4.55. The van der Waals surface area contributed by atoms with Crippen molar-refractivity contribution in [2.45, 2.75) is 27.2 Å². The van der Waals surface area contributed by atoms with Crippen LogP contribution in [0.15, 0.2) is 54.6 Å². The molecule has 2 aromatic heterocycles. The van der Waals surface area contributed by atoms with Crippen molar-refractivity contribution in [3.05, 3.63) is 93.5 Å². The Morgan fingerprint density at radius 3 is 2.31 bits per heavy atom. The van der Waals surface area contributed by atoms with Crippen molar-refractivity contribution in [2.75, 3.05) is 31.1 Å². The van der Waals surface area contributed by atoms with Crippen molar-refractivity contribution in [3.63, 3.8) is 0 Å². The Morgan fingerprint density at radius 1 is 0.943 bits per heavy atom. The van der Waals surface area contributed by atoms with Gasteiger partial charge in [0.25, 0.3) is 5.91 Å². The molecule has 8 heteroatoms. The highest BCUT2D eigenvalue weighted by Crippen LogP contribution is 2.27. The molecular formula is C27H28FN5OS. The predicted molar refractivity (Wildman–Crippen MR) is 137 cm³/mol. The van der Waals surface area contributed by atoms with Gasteiger partial charge in [-0.25, -0.2) is 14.1 Å². The van der Waals surface area contributed by atoms with Gasteiger partial charge in [-0.3, -0.25) is 4.79 Å². The smallest absolute Gasteiger partial charge is 0.266 e. The number of aromatic nitrogens is 3. The average Bonchev–Trinajstić information content (AvgIpc) is 3.39. The van der Waals surface area contributed by atoms with Gasteiger partial charge in [0.2, 0.25) is 5.13 Å². The van der Waals surface area contributed by atoms with Gasteiger partial charge in [-0.1, -0.05) is 41.7 Å². The fourth-order valence-corrected chi connectivity index (χ4v) is 5.59. The second-order valence-corrected chi connectivity index (χ2v) is 9.87. The van der Waals surface area contributed by atoms with Crippen molar-refractivity contribution >= 4 is 22.9 Å². The van der Waals surface area contributed by atoms with Gasteiger partial charge in [0.1, 0.15) is 10.7 Å². The van der Waals surface area contributed by atoms with Gasteiger partial charge in [-0.15, -0.1) is 0 Å². The van der Waals surface area contributed by atoms with Crippen LogP contribution in [0.2, 0.25) is 0 Å². The second kappa shape index (κ2) is 9.62. The molecule has 0 aliphatic carbocycles. The molecule has 5 rings (SSSR count). The number of aryl methyl sites for hydroxylation is 2. The van der Waals surface area contributed by atoms with Crippen LogP contribution in [-0.4, -0.2) is 51.8 Å². The lowest BCUT2D eigenvalue weighted by molar-refractivity contribution is 0.0750. The highest BCUT2D eigenvalue weighted by Gasteiger charge is 2.27. The minimum Gasteiger partial charge on any atom is -0.368 e. The minimum atomic E-state index is -0.242. The second-order valence-electron chi connectivity index (χ2n) is 8.89. The molecule has 1 aliphatic rings. The van der Waals surface area contributed by atoms with Crippen molar-refractivity contribution in [2.24, 2.45) is 0 Å². The Bertz CT molecular complexity index is 1340. The molecule has 0 atom stereocenters. The van der Waals surface area contributed by atoms with Crippen LogP contribution in [0.25, 0.3) is 5.13 Å². The molecule has 1 amide bonds. The average molecular weight is 490 g/mol. The highest BCUT2D eigenvalue weighted by atomic mass is 32.1. The quantitative estimate of drug-likeness (QED) is 0.398. The normalized spacial score (nSPS) is 13.9. The van der Waals surface area contributed by atoms with Gasteiger partial charge in [-0.2, -0.15) is 5.10 Å². The fraction of sp³-hybridized carbons (Fsp3) is 0.296. The molecule has 0 spiro atoms. The standard InChI is InChI=1S/C27H28FN5OS/c1-18-24(17-21-7-5-4-6-8-21)20(3)33(30-18)27-29-19(2)25(35-27)26(34)32-15-13-31(14-16-32)23-11-9-22(28)10-12-23/h4-12H,13-17H2,1-3H3. The van der Waals surface area contributed by atoms with Gasteiger partial charge >= 0.3 is 0 Å². The van der Waals surface area contributed by atoms with E-state index in [-0.39, 0.29) is 11.7 Å². The molecule has 1 fully saturated rings. The van der Waals surface area contributed by atoms with E-state index in [1.165, 1.54) is 34.6 Å². The summed E-state index contributed by atoms with van der Waals surface area (Å²) in [6.07, 6.45) is 0.812. The van der Waals surface area contributed by atoms with E-state index in [9.17, 15) is 9.18 Å². The Labute approximate surface area is 208 Å². The number of carbonyl (C=O) groups excluding carboxylic acids is 1.